The number of halogens is 1. The Bertz CT molecular complexity index is 726. The molecule has 2 heterocycles. The van der Waals surface area contributed by atoms with Gasteiger partial charge in [0, 0.05) is 26.5 Å². The molecule has 10 heteroatoms. The van der Waals surface area contributed by atoms with E-state index in [1.807, 2.05) is 0 Å². The molecule has 0 saturated carbocycles. The summed E-state index contributed by atoms with van der Waals surface area (Å²) < 4.78 is 17.0. The summed E-state index contributed by atoms with van der Waals surface area (Å²) in [5.74, 6) is -1.01. The Morgan fingerprint density at radius 3 is 2.70 bits per heavy atom. The molecule has 0 spiro atoms. The highest BCUT2D eigenvalue weighted by molar-refractivity contribution is 9.10. The number of carbonyl (C=O) groups is 2. The van der Waals surface area contributed by atoms with E-state index in [1.165, 1.54) is 24.6 Å². The predicted molar refractivity (Wildman–Crippen MR) is 79.7 cm³/mol. The topological polar surface area (TPSA) is 117 Å². The lowest BCUT2D eigenvalue weighted by Crippen LogP contribution is -2.33. The molecule has 0 aliphatic carbocycles. The average molecular weight is 391 g/mol. The second kappa shape index (κ2) is 7.09. The monoisotopic (exact) mass is 390 g/mol. The maximum absolute atomic E-state index is 11.9. The van der Waals surface area contributed by atoms with Gasteiger partial charge in [0.25, 0.3) is 5.56 Å². The Morgan fingerprint density at radius 2 is 2.09 bits per heavy atom. The molecule has 1 aromatic rings. The summed E-state index contributed by atoms with van der Waals surface area (Å²) in [6, 6.07) is 0. The highest BCUT2D eigenvalue weighted by atomic mass is 79.9. The first-order valence-electron chi connectivity index (χ1n) is 6.75. The van der Waals surface area contributed by atoms with Crippen LogP contribution >= 0.6 is 15.9 Å². The fourth-order valence-corrected chi connectivity index (χ4v) is 2.55. The van der Waals surface area contributed by atoms with Gasteiger partial charge in [0.05, 0.1) is 4.47 Å². The van der Waals surface area contributed by atoms with Crippen LogP contribution in [-0.2, 0) is 23.8 Å². The van der Waals surface area contributed by atoms with Crippen molar-refractivity contribution in [3.05, 3.63) is 31.5 Å². The highest BCUT2D eigenvalue weighted by Crippen LogP contribution is 2.30. The maximum atomic E-state index is 11.9. The van der Waals surface area contributed by atoms with Gasteiger partial charge in [-0.1, -0.05) is 0 Å². The lowest BCUT2D eigenvalue weighted by Gasteiger charge is -2.17. The van der Waals surface area contributed by atoms with Crippen LogP contribution in [0.1, 0.15) is 26.5 Å². The van der Waals surface area contributed by atoms with Crippen molar-refractivity contribution in [3.8, 4) is 0 Å². The van der Waals surface area contributed by atoms with E-state index >= 15 is 0 Å². The van der Waals surface area contributed by atoms with Crippen LogP contribution in [0.3, 0.4) is 0 Å². The SMILES string of the molecule is CC(=O)OC[C@H]1O[C@@H](n2cc(Br)c(=O)[nH]c2=O)C[C@@H]1OC(C)=O. The van der Waals surface area contributed by atoms with Crippen LogP contribution < -0.4 is 11.2 Å². The quantitative estimate of drug-likeness (QED) is 0.723. The minimum atomic E-state index is -0.763. The van der Waals surface area contributed by atoms with Gasteiger partial charge in [0.2, 0.25) is 0 Å². The number of hydrogen-bond donors (Lipinski definition) is 1. The summed E-state index contributed by atoms with van der Waals surface area (Å²) in [6.07, 6.45) is -0.658. The minimum Gasteiger partial charge on any atom is -0.463 e. The molecule has 1 aromatic heterocycles. The van der Waals surface area contributed by atoms with E-state index in [-0.39, 0.29) is 17.5 Å². The van der Waals surface area contributed by atoms with E-state index in [4.69, 9.17) is 14.2 Å². The third kappa shape index (κ3) is 4.29. The van der Waals surface area contributed by atoms with Crippen LogP contribution in [0.2, 0.25) is 0 Å². The number of rotatable bonds is 4. The first kappa shape index (κ1) is 17.4. The molecule has 1 saturated heterocycles. The third-order valence-electron chi connectivity index (χ3n) is 3.18. The maximum Gasteiger partial charge on any atom is 0.330 e. The van der Waals surface area contributed by atoms with Gasteiger partial charge in [0.1, 0.15) is 25.0 Å². The van der Waals surface area contributed by atoms with E-state index < -0.39 is 41.6 Å². The number of aromatic nitrogens is 2. The van der Waals surface area contributed by atoms with Gasteiger partial charge in [0.15, 0.2) is 0 Å². The lowest BCUT2D eigenvalue weighted by atomic mass is 10.2. The van der Waals surface area contributed by atoms with Gasteiger partial charge >= 0.3 is 17.6 Å². The molecule has 1 fully saturated rings. The first-order valence-corrected chi connectivity index (χ1v) is 7.54. The van der Waals surface area contributed by atoms with Gasteiger partial charge < -0.3 is 14.2 Å². The van der Waals surface area contributed by atoms with Crippen molar-refractivity contribution in [1.82, 2.24) is 9.55 Å². The summed E-state index contributed by atoms with van der Waals surface area (Å²) in [6.45, 7) is 2.39. The van der Waals surface area contributed by atoms with E-state index in [0.29, 0.717) is 0 Å². The number of H-pyrrole nitrogens is 1. The summed E-state index contributed by atoms with van der Waals surface area (Å²) in [5.41, 5.74) is -1.21. The Morgan fingerprint density at radius 1 is 1.39 bits per heavy atom. The normalized spacial score (nSPS) is 23.5. The average Bonchev–Trinajstić information content (AvgIpc) is 2.82. The fourth-order valence-electron chi connectivity index (χ4n) is 2.23. The number of hydrogen-bond acceptors (Lipinski definition) is 7. The summed E-state index contributed by atoms with van der Waals surface area (Å²) in [5, 5.41) is 0. The zero-order valence-corrected chi connectivity index (χ0v) is 14.0. The molecule has 0 aromatic carbocycles. The predicted octanol–water partition coefficient (Wildman–Crippen LogP) is 0.0814. The molecule has 9 nitrogen and oxygen atoms in total. The molecule has 0 amide bonds. The Kier molecular flexibility index (Phi) is 5.37. The number of carbonyl (C=O) groups excluding carboxylic acids is 2. The summed E-state index contributed by atoms with van der Waals surface area (Å²) >= 11 is 3.03. The molecule has 1 N–H and O–H groups in total. The van der Waals surface area contributed by atoms with Crippen molar-refractivity contribution in [3.63, 3.8) is 0 Å². The van der Waals surface area contributed by atoms with Gasteiger partial charge in [-0.25, -0.2) is 4.79 Å². The largest absolute Gasteiger partial charge is 0.463 e. The van der Waals surface area contributed by atoms with Gasteiger partial charge in [-0.05, 0) is 15.9 Å². The van der Waals surface area contributed by atoms with Crippen molar-refractivity contribution in [1.29, 1.82) is 0 Å². The van der Waals surface area contributed by atoms with Crippen molar-refractivity contribution in [2.24, 2.45) is 0 Å². The standard InChI is InChI=1S/C13H15BrN2O7/c1-6(17)21-5-10-9(22-7(2)18)3-11(23-10)16-4-8(14)12(19)15-13(16)20/h4,9-11H,3,5H2,1-2H3,(H,15,19,20)/t9-,10+,11+/m0/s1. The number of ether oxygens (including phenoxy) is 3. The highest BCUT2D eigenvalue weighted by Gasteiger charge is 2.39. The number of nitrogens with zero attached hydrogens (tertiary/aromatic N) is 1. The molecule has 1 aliphatic rings. The second-order valence-electron chi connectivity index (χ2n) is 4.96. The molecule has 126 valence electrons. The zero-order valence-electron chi connectivity index (χ0n) is 12.4. The van der Waals surface area contributed by atoms with E-state index in [9.17, 15) is 19.2 Å². The van der Waals surface area contributed by atoms with Crippen LogP contribution in [-0.4, -0.2) is 40.3 Å². The van der Waals surface area contributed by atoms with Crippen LogP contribution in [0, 0.1) is 0 Å². The van der Waals surface area contributed by atoms with Crippen molar-refractivity contribution < 1.29 is 23.8 Å². The van der Waals surface area contributed by atoms with Crippen molar-refractivity contribution in [2.45, 2.75) is 38.7 Å². The molecule has 0 radical (unpaired) electrons. The van der Waals surface area contributed by atoms with Crippen molar-refractivity contribution in [2.75, 3.05) is 6.61 Å². The summed E-state index contributed by atoms with van der Waals surface area (Å²) in [4.78, 5) is 47.5. The molecule has 3 atom stereocenters. The molecular formula is C13H15BrN2O7. The van der Waals surface area contributed by atoms with Crippen LogP contribution in [0.15, 0.2) is 20.3 Å². The van der Waals surface area contributed by atoms with Crippen LogP contribution in [0.25, 0.3) is 0 Å². The second-order valence-corrected chi connectivity index (χ2v) is 5.81. The Labute approximate surface area is 138 Å². The summed E-state index contributed by atoms with van der Waals surface area (Å²) in [7, 11) is 0. The third-order valence-corrected chi connectivity index (χ3v) is 3.75. The number of aromatic amines is 1. The zero-order chi connectivity index (χ0) is 17.1. The molecular weight excluding hydrogens is 376 g/mol. The van der Waals surface area contributed by atoms with Crippen LogP contribution in [0.5, 0.6) is 0 Å². The fraction of sp³-hybridized carbons (Fsp3) is 0.538. The van der Waals surface area contributed by atoms with Gasteiger partial charge in [-0.3, -0.25) is 23.9 Å². The first-order chi connectivity index (χ1) is 10.8. The van der Waals surface area contributed by atoms with Gasteiger partial charge in [-0.2, -0.15) is 0 Å². The Hall–Kier alpha value is -1.94. The Balaban J connectivity index is 2.23. The smallest absolute Gasteiger partial charge is 0.330 e. The number of esters is 2. The van der Waals surface area contributed by atoms with E-state index in [2.05, 4.69) is 20.9 Å². The molecule has 0 unspecified atom stereocenters. The molecule has 2 rings (SSSR count). The van der Waals surface area contributed by atoms with Crippen LogP contribution in [0.4, 0.5) is 0 Å². The molecule has 0 bridgehead atoms. The van der Waals surface area contributed by atoms with E-state index in [0.717, 1.165) is 0 Å². The van der Waals surface area contributed by atoms with E-state index in [1.54, 1.807) is 0 Å². The van der Waals surface area contributed by atoms with Crippen molar-refractivity contribution >= 4 is 27.9 Å². The molecule has 1 aliphatic heterocycles. The lowest BCUT2D eigenvalue weighted by molar-refractivity contribution is -0.155. The molecule has 23 heavy (non-hydrogen) atoms. The minimum absolute atomic E-state index is 0.108. The van der Waals surface area contributed by atoms with Gasteiger partial charge in [-0.15, -0.1) is 0 Å². The number of nitrogens with one attached hydrogen (secondary N) is 1.